The van der Waals surface area contributed by atoms with E-state index in [-0.39, 0.29) is 18.1 Å². The van der Waals surface area contributed by atoms with Crippen LogP contribution in [-0.2, 0) is 11.8 Å². The first-order chi connectivity index (χ1) is 15.1. The molecule has 6 rings (SSSR count). The zero-order valence-electron chi connectivity index (χ0n) is 17.9. The molecule has 0 spiro atoms. The number of carbonyl (C=O) groups excluding carboxylic acids is 1. The molecule has 9 nitrogen and oxygen atoms in total. The Labute approximate surface area is 180 Å². The van der Waals surface area contributed by atoms with E-state index in [2.05, 4.69) is 26.5 Å². The van der Waals surface area contributed by atoms with Crippen LogP contribution in [0.1, 0.15) is 53.7 Å². The summed E-state index contributed by atoms with van der Waals surface area (Å²) >= 11 is 0. The van der Waals surface area contributed by atoms with Crippen LogP contribution in [0.5, 0.6) is 0 Å². The molecule has 0 aromatic carbocycles. The standard InChI is InChI=1S/C22H27N7O2/c1-27-12-24-20-16(5-6-23-21(20)27)22(30)28-9-14-7-18(19(31-2)8-15(14)10-28)29-11-17(25-26-29)13-3-4-13/h5-6,11-15,18-19H,3-4,7-10H2,1-2H3/t14-,15+,18-,19-/m1/s1. The van der Waals surface area contributed by atoms with Crippen LogP contribution in [0, 0.1) is 11.8 Å². The van der Waals surface area contributed by atoms with Crippen molar-refractivity contribution in [3.63, 3.8) is 0 Å². The maximum Gasteiger partial charge on any atom is 0.256 e. The summed E-state index contributed by atoms with van der Waals surface area (Å²) < 4.78 is 9.74. The molecule has 0 bridgehead atoms. The molecule has 3 fully saturated rings. The molecule has 3 aromatic rings. The van der Waals surface area contributed by atoms with Gasteiger partial charge in [-0.1, -0.05) is 5.21 Å². The number of pyridine rings is 1. The molecule has 2 aliphatic carbocycles. The van der Waals surface area contributed by atoms with Crippen LogP contribution in [0.2, 0.25) is 0 Å². The van der Waals surface area contributed by atoms with E-state index in [4.69, 9.17) is 4.74 Å². The second-order valence-corrected chi connectivity index (χ2v) is 9.33. The zero-order chi connectivity index (χ0) is 21.1. The van der Waals surface area contributed by atoms with Crippen LogP contribution in [0.15, 0.2) is 24.8 Å². The molecule has 2 saturated carbocycles. The average Bonchev–Trinajstić information content (AvgIpc) is 3.20. The molecule has 0 radical (unpaired) electrons. The van der Waals surface area contributed by atoms with E-state index in [1.807, 2.05) is 21.2 Å². The summed E-state index contributed by atoms with van der Waals surface area (Å²) in [5, 5.41) is 8.84. The lowest BCUT2D eigenvalue weighted by molar-refractivity contribution is -0.00546. The molecule has 0 unspecified atom stereocenters. The maximum absolute atomic E-state index is 13.4. The lowest BCUT2D eigenvalue weighted by Crippen LogP contribution is -2.37. The highest BCUT2D eigenvalue weighted by molar-refractivity contribution is 6.04. The van der Waals surface area contributed by atoms with Crippen LogP contribution in [0.4, 0.5) is 0 Å². The van der Waals surface area contributed by atoms with E-state index in [9.17, 15) is 4.79 Å². The van der Waals surface area contributed by atoms with Crippen molar-refractivity contribution in [1.82, 2.24) is 34.4 Å². The molecule has 0 N–H and O–H groups in total. The second-order valence-electron chi connectivity index (χ2n) is 9.33. The normalized spacial score (nSPS) is 28.3. The molecule has 162 valence electrons. The van der Waals surface area contributed by atoms with Crippen molar-refractivity contribution in [2.45, 2.75) is 43.7 Å². The quantitative estimate of drug-likeness (QED) is 0.641. The van der Waals surface area contributed by atoms with Crippen molar-refractivity contribution in [2.75, 3.05) is 20.2 Å². The number of ether oxygens (including phenoxy) is 1. The SMILES string of the molecule is CO[C@@H]1C[C@H]2CN(C(=O)c3ccnc4c3ncn4C)C[C@H]2C[C@H]1n1cc(C2CC2)nn1. The number of aryl methyl sites for hydroxylation is 1. The Morgan fingerprint density at radius 3 is 2.74 bits per heavy atom. The van der Waals surface area contributed by atoms with E-state index >= 15 is 0 Å². The molecule has 4 atom stereocenters. The number of imidazole rings is 1. The van der Waals surface area contributed by atoms with Crippen LogP contribution < -0.4 is 0 Å². The number of rotatable bonds is 4. The minimum atomic E-state index is 0.0443. The molecule has 3 aromatic heterocycles. The molecule has 3 aliphatic rings. The molecule has 1 amide bonds. The highest BCUT2D eigenvalue weighted by atomic mass is 16.5. The van der Waals surface area contributed by atoms with Gasteiger partial charge in [-0.2, -0.15) is 0 Å². The number of fused-ring (bicyclic) bond motifs is 2. The number of nitrogens with zero attached hydrogens (tertiary/aromatic N) is 7. The summed E-state index contributed by atoms with van der Waals surface area (Å²) in [6.45, 7) is 1.52. The molecule has 1 aliphatic heterocycles. The van der Waals surface area contributed by atoms with Gasteiger partial charge in [0.1, 0.15) is 5.52 Å². The van der Waals surface area contributed by atoms with Crippen molar-refractivity contribution >= 4 is 17.1 Å². The first-order valence-corrected chi connectivity index (χ1v) is 11.1. The maximum atomic E-state index is 13.4. The fraction of sp³-hybridized carbons (Fsp3) is 0.591. The molecule has 1 saturated heterocycles. The van der Waals surface area contributed by atoms with Gasteiger partial charge in [0.2, 0.25) is 0 Å². The van der Waals surface area contributed by atoms with Crippen molar-refractivity contribution in [1.29, 1.82) is 0 Å². The molecular formula is C22H27N7O2. The van der Waals surface area contributed by atoms with Crippen molar-refractivity contribution in [3.8, 4) is 0 Å². The molecule has 31 heavy (non-hydrogen) atoms. The third-order valence-electron chi connectivity index (χ3n) is 7.37. The van der Waals surface area contributed by atoms with Crippen LogP contribution >= 0.6 is 0 Å². The molecule has 4 heterocycles. The predicted octanol–water partition coefficient (Wildman–Crippen LogP) is 2.18. The Balaban J connectivity index is 1.22. The lowest BCUT2D eigenvalue weighted by Gasteiger charge is -2.36. The molecule has 9 heteroatoms. The Kier molecular flexibility index (Phi) is 4.34. The summed E-state index contributed by atoms with van der Waals surface area (Å²) in [6.07, 6.45) is 9.93. The number of hydrogen-bond donors (Lipinski definition) is 0. The largest absolute Gasteiger partial charge is 0.379 e. The summed E-state index contributed by atoms with van der Waals surface area (Å²) in [7, 11) is 3.67. The number of methoxy groups -OCH3 is 1. The number of carbonyl (C=O) groups is 1. The smallest absolute Gasteiger partial charge is 0.256 e. The van der Waals surface area contributed by atoms with Gasteiger partial charge >= 0.3 is 0 Å². The minimum Gasteiger partial charge on any atom is -0.379 e. The van der Waals surface area contributed by atoms with Crippen molar-refractivity contribution in [2.24, 2.45) is 18.9 Å². The summed E-state index contributed by atoms with van der Waals surface area (Å²) in [6, 6.07) is 1.96. The van der Waals surface area contributed by atoms with Gasteiger partial charge in [-0.05, 0) is 43.6 Å². The van der Waals surface area contributed by atoms with Gasteiger partial charge in [-0.25, -0.2) is 14.6 Å². The number of hydrogen-bond acceptors (Lipinski definition) is 6. The fourth-order valence-electron chi connectivity index (χ4n) is 5.48. The summed E-state index contributed by atoms with van der Waals surface area (Å²) in [4.78, 5) is 24.2. The minimum absolute atomic E-state index is 0.0443. The van der Waals surface area contributed by atoms with Crippen LogP contribution in [-0.4, -0.2) is 66.6 Å². The Morgan fingerprint density at radius 2 is 1.97 bits per heavy atom. The summed E-state index contributed by atoms with van der Waals surface area (Å²) in [5.74, 6) is 1.52. The van der Waals surface area contributed by atoms with Gasteiger partial charge in [0, 0.05) is 45.6 Å². The van der Waals surface area contributed by atoms with E-state index in [1.165, 1.54) is 12.8 Å². The number of likely N-dealkylation sites (tertiary alicyclic amines) is 1. The Morgan fingerprint density at radius 1 is 1.16 bits per heavy atom. The number of aromatic nitrogens is 6. The predicted molar refractivity (Wildman–Crippen MR) is 112 cm³/mol. The topological polar surface area (TPSA) is 91.0 Å². The summed E-state index contributed by atoms with van der Waals surface area (Å²) in [5.41, 5.74) is 3.15. The highest BCUT2D eigenvalue weighted by Gasteiger charge is 2.45. The first-order valence-electron chi connectivity index (χ1n) is 11.1. The van der Waals surface area contributed by atoms with Gasteiger partial charge < -0.3 is 14.2 Å². The van der Waals surface area contributed by atoms with Crippen molar-refractivity contribution in [3.05, 3.63) is 36.0 Å². The fourth-order valence-corrected chi connectivity index (χ4v) is 5.48. The zero-order valence-corrected chi connectivity index (χ0v) is 17.9. The first kappa shape index (κ1) is 18.9. The van der Waals surface area contributed by atoms with E-state index < -0.39 is 0 Å². The second kappa shape index (κ2) is 7.12. The third kappa shape index (κ3) is 3.13. The highest BCUT2D eigenvalue weighted by Crippen LogP contribution is 2.44. The van der Waals surface area contributed by atoms with E-state index in [0.29, 0.717) is 28.8 Å². The lowest BCUT2D eigenvalue weighted by atomic mass is 9.77. The Bertz CT molecular complexity index is 1130. The Hall–Kier alpha value is -2.81. The van der Waals surface area contributed by atoms with Gasteiger partial charge in [-0.3, -0.25) is 4.79 Å². The number of amides is 1. The monoisotopic (exact) mass is 421 g/mol. The third-order valence-corrected chi connectivity index (χ3v) is 7.37. The van der Waals surface area contributed by atoms with Crippen molar-refractivity contribution < 1.29 is 9.53 Å². The molecular weight excluding hydrogens is 394 g/mol. The average molecular weight is 422 g/mol. The van der Waals surface area contributed by atoms with Gasteiger partial charge in [-0.15, -0.1) is 5.10 Å². The van der Waals surface area contributed by atoms with E-state index in [1.54, 1.807) is 25.7 Å². The van der Waals surface area contributed by atoms with Gasteiger partial charge in [0.15, 0.2) is 5.65 Å². The van der Waals surface area contributed by atoms with Crippen LogP contribution in [0.3, 0.4) is 0 Å². The van der Waals surface area contributed by atoms with Gasteiger partial charge in [0.25, 0.3) is 5.91 Å². The van der Waals surface area contributed by atoms with Crippen LogP contribution in [0.25, 0.3) is 11.2 Å². The van der Waals surface area contributed by atoms with E-state index in [0.717, 1.165) is 37.3 Å². The van der Waals surface area contributed by atoms with Gasteiger partial charge in [0.05, 0.1) is 29.7 Å².